The van der Waals surface area contributed by atoms with E-state index in [-0.39, 0.29) is 0 Å². The van der Waals surface area contributed by atoms with Crippen molar-refractivity contribution in [1.29, 1.82) is 0 Å². The SMILES string of the molecule is CCCCCCCCCP(O)(O)(OCC)c1ccccc1. The molecule has 21 heavy (non-hydrogen) atoms. The van der Waals surface area contributed by atoms with E-state index in [4.69, 9.17) is 4.52 Å². The minimum absolute atomic E-state index is 0.316. The topological polar surface area (TPSA) is 49.7 Å². The molecule has 0 heterocycles. The second-order valence-electron chi connectivity index (χ2n) is 5.71. The second-order valence-corrected chi connectivity index (χ2v) is 9.16. The molecule has 0 saturated heterocycles. The van der Waals surface area contributed by atoms with Crippen molar-refractivity contribution in [3.05, 3.63) is 30.3 Å². The zero-order chi connectivity index (χ0) is 15.6. The van der Waals surface area contributed by atoms with Crippen LogP contribution < -0.4 is 5.30 Å². The van der Waals surface area contributed by atoms with Crippen LogP contribution in [0, 0.1) is 0 Å². The molecule has 0 radical (unpaired) electrons. The Morgan fingerprint density at radius 2 is 1.43 bits per heavy atom. The van der Waals surface area contributed by atoms with Crippen molar-refractivity contribution < 1.29 is 14.3 Å². The van der Waals surface area contributed by atoms with Gasteiger partial charge in [-0.15, -0.1) is 0 Å². The van der Waals surface area contributed by atoms with E-state index in [1.165, 1.54) is 25.7 Å². The second kappa shape index (κ2) is 8.85. The molecule has 122 valence electrons. The molecule has 0 aliphatic carbocycles. The maximum atomic E-state index is 10.9. The van der Waals surface area contributed by atoms with Gasteiger partial charge in [0.15, 0.2) is 0 Å². The number of unbranched alkanes of at least 4 members (excludes halogenated alkanes) is 6. The molecule has 0 saturated carbocycles. The van der Waals surface area contributed by atoms with Crippen molar-refractivity contribution in [3.63, 3.8) is 0 Å². The van der Waals surface area contributed by atoms with E-state index in [1.54, 1.807) is 12.1 Å². The van der Waals surface area contributed by atoms with Crippen LogP contribution in [0.25, 0.3) is 0 Å². The fraction of sp³-hybridized carbons (Fsp3) is 0.647. The van der Waals surface area contributed by atoms with Gasteiger partial charge >= 0.3 is 129 Å². The quantitative estimate of drug-likeness (QED) is 0.471. The third-order valence-corrected chi connectivity index (χ3v) is 7.10. The van der Waals surface area contributed by atoms with Crippen LogP contribution in [-0.4, -0.2) is 22.6 Å². The van der Waals surface area contributed by atoms with Crippen LogP contribution in [0.1, 0.15) is 58.8 Å². The molecule has 0 atom stereocenters. The van der Waals surface area contributed by atoms with Crippen molar-refractivity contribution in [2.75, 3.05) is 12.8 Å². The summed E-state index contributed by atoms with van der Waals surface area (Å²) in [6.07, 6.45) is 8.38. The maximum absolute atomic E-state index is 10.9. The first kappa shape index (κ1) is 18.6. The fourth-order valence-corrected chi connectivity index (χ4v) is 5.27. The van der Waals surface area contributed by atoms with Gasteiger partial charge in [-0.3, -0.25) is 0 Å². The summed E-state index contributed by atoms with van der Waals surface area (Å²) in [5, 5.41) is 0.538. The molecule has 1 aromatic rings. The molecule has 0 unspecified atom stereocenters. The normalized spacial score (nSPS) is 13.8. The molecular formula is C17H31O3P. The molecule has 1 rings (SSSR count). The summed E-state index contributed by atoms with van der Waals surface area (Å²) in [4.78, 5) is 21.7. The molecule has 4 heteroatoms. The molecule has 0 aliphatic heterocycles. The zero-order valence-corrected chi connectivity index (χ0v) is 14.4. The first-order valence-electron chi connectivity index (χ1n) is 8.24. The van der Waals surface area contributed by atoms with Crippen molar-refractivity contribution in [3.8, 4) is 0 Å². The van der Waals surface area contributed by atoms with Gasteiger partial charge in [-0.05, 0) is 0 Å². The Bertz CT molecular complexity index is 392. The van der Waals surface area contributed by atoms with E-state index < -0.39 is 7.28 Å². The number of hydrogen-bond donors (Lipinski definition) is 2. The number of benzene rings is 1. The van der Waals surface area contributed by atoms with E-state index >= 15 is 0 Å². The van der Waals surface area contributed by atoms with Crippen molar-refractivity contribution in [2.45, 2.75) is 58.8 Å². The van der Waals surface area contributed by atoms with Crippen LogP contribution in [0.2, 0.25) is 0 Å². The molecule has 2 N–H and O–H groups in total. The predicted octanol–water partition coefficient (Wildman–Crippen LogP) is 4.38. The molecule has 3 nitrogen and oxygen atoms in total. The first-order chi connectivity index (χ1) is 10.0. The van der Waals surface area contributed by atoms with Crippen LogP contribution in [0.4, 0.5) is 0 Å². The monoisotopic (exact) mass is 314 g/mol. The van der Waals surface area contributed by atoms with Gasteiger partial charge in [-0.1, -0.05) is 0 Å². The minimum atomic E-state index is -4.18. The molecule has 0 aliphatic rings. The summed E-state index contributed by atoms with van der Waals surface area (Å²) in [6.45, 7) is 4.33. The Balaban J connectivity index is 2.53. The van der Waals surface area contributed by atoms with E-state index in [0.29, 0.717) is 18.1 Å². The molecule has 1 aromatic carbocycles. The zero-order valence-electron chi connectivity index (χ0n) is 13.5. The van der Waals surface area contributed by atoms with Crippen molar-refractivity contribution >= 4 is 12.6 Å². The number of hydrogen-bond acceptors (Lipinski definition) is 3. The van der Waals surface area contributed by atoms with Crippen LogP contribution in [-0.2, 0) is 4.52 Å². The van der Waals surface area contributed by atoms with Crippen LogP contribution in [0.15, 0.2) is 30.3 Å². The molecule has 0 spiro atoms. The van der Waals surface area contributed by atoms with E-state index in [0.717, 1.165) is 19.3 Å². The van der Waals surface area contributed by atoms with Crippen molar-refractivity contribution in [1.82, 2.24) is 0 Å². The summed E-state index contributed by atoms with van der Waals surface area (Å²) >= 11 is 0. The van der Waals surface area contributed by atoms with Gasteiger partial charge in [0.05, 0.1) is 0 Å². The molecule has 0 aromatic heterocycles. The van der Waals surface area contributed by atoms with Gasteiger partial charge in [-0.25, -0.2) is 0 Å². The van der Waals surface area contributed by atoms with Crippen LogP contribution in [0.5, 0.6) is 0 Å². The van der Waals surface area contributed by atoms with Gasteiger partial charge in [0.1, 0.15) is 0 Å². The first-order valence-corrected chi connectivity index (χ1v) is 10.5. The average Bonchev–Trinajstić information content (AvgIpc) is 2.47. The molecule has 0 bridgehead atoms. The van der Waals surface area contributed by atoms with Gasteiger partial charge in [0.25, 0.3) is 0 Å². The summed E-state index contributed by atoms with van der Waals surface area (Å²) < 4.78 is 5.49. The fourth-order valence-electron chi connectivity index (χ4n) is 2.62. The Kier molecular flexibility index (Phi) is 7.83. The average molecular weight is 314 g/mol. The molecular weight excluding hydrogens is 283 g/mol. The van der Waals surface area contributed by atoms with Gasteiger partial charge in [-0.2, -0.15) is 0 Å². The van der Waals surface area contributed by atoms with Gasteiger partial charge in [0.2, 0.25) is 0 Å². The Morgan fingerprint density at radius 1 is 0.857 bits per heavy atom. The Morgan fingerprint density at radius 3 is 2.00 bits per heavy atom. The third kappa shape index (κ3) is 6.04. The van der Waals surface area contributed by atoms with E-state index in [9.17, 15) is 9.79 Å². The molecule has 0 fully saturated rings. The standard InChI is InChI=1S/C17H31O3P/c1-3-5-6-7-8-9-13-16-21(18,19,20-4-2)17-14-11-10-12-15-17/h10-12,14-15,18-19H,3-9,13,16H2,1-2H3. The molecule has 0 amide bonds. The van der Waals surface area contributed by atoms with Gasteiger partial charge in [0, 0.05) is 0 Å². The summed E-state index contributed by atoms with van der Waals surface area (Å²) in [6, 6.07) is 9.04. The summed E-state index contributed by atoms with van der Waals surface area (Å²) in [5.41, 5.74) is 0. The predicted molar refractivity (Wildman–Crippen MR) is 91.9 cm³/mol. The summed E-state index contributed by atoms with van der Waals surface area (Å²) in [5.74, 6) is 0. The summed E-state index contributed by atoms with van der Waals surface area (Å²) in [7, 11) is -4.18. The van der Waals surface area contributed by atoms with Crippen LogP contribution >= 0.6 is 7.28 Å². The van der Waals surface area contributed by atoms with E-state index in [1.807, 2.05) is 25.1 Å². The number of rotatable bonds is 11. The third-order valence-electron chi connectivity index (χ3n) is 3.84. The Hall–Kier alpha value is -0.470. The van der Waals surface area contributed by atoms with Crippen molar-refractivity contribution in [2.24, 2.45) is 0 Å². The van der Waals surface area contributed by atoms with E-state index in [2.05, 4.69) is 6.92 Å². The van der Waals surface area contributed by atoms with Gasteiger partial charge < -0.3 is 0 Å². The Labute approximate surface area is 129 Å². The van der Waals surface area contributed by atoms with Crippen LogP contribution in [0.3, 0.4) is 0 Å².